The van der Waals surface area contributed by atoms with Crippen molar-refractivity contribution in [3.8, 4) is 11.3 Å². The van der Waals surface area contributed by atoms with Crippen LogP contribution in [0.5, 0.6) is 0 Å². The molecule has 15 heteroatoms. The summed E-state index contributed by atoms with van der Waals surface area (Å²) < 4.78 is 45.6. The van der Waals surface area contributed by atoms with E-state index < -0.39 is 18.1 Å². The van der Waals surface area contributed by atoms with Gasteiger partial charge in [-0.3, -0.25) is 9.59 Å². The van der Waals surface area contributed by atoms with Gasteiger partial charge in [0.1, 0.15) is 12.2 Å². The summed E-state index contributed by atoms with van der Waals surface area (Å²) in [6.07, 6.45) is -3.26. The number of methoxy groups -OCH3 is 1. The summed E-state index contributed by atoms with van der Waals surface area (Å²) in [6.45, 7) is 6.54. The van der Waals surface area contributed by atoms with E-state index in [-0.39, 0.29) is 36.9 Å². The number of carbonyl (C=O) groups is 3. The van der Waals surface area contributed by atoms with E-state index in [4.69, 9.17) is 30.1 Å². The number of benzene rings is 2. The number of fused-ring (bicyclic) bond motifs is 2. The van der Waals surface area contributed by atoms with Gasteiger partial charge in [-0.1, -0.05) is 18.2 Å². The Morgan fingerprint density at radius 2 is 1.71 bits per heavy atom. The maximum Gasteiger partial charge on any atom is 0.490 e. The highest BCUT2D eigenvalue weighted by atomic mass is 19.4. The Labute approximate surface area is 255 Å². The number of carboxylic acids is 1. The van der Waals surface area contributed by atoms with Crippen molar-refractivity contribution >= 4 is 39.8 Å². The molecule has 0 aliphatic heterocycles. The Bertz CT molecular complexity index is 1730. The van der Waals surface area contributed by atoms with E-state index in [1.807, 2.05) is 48.9 Å². The fourth-order valence-corrected chi connectivity index (χ4v) is 4.61. The third-order valence-corrected chi connectivity index (χ3v) is 6.80. The van der Waals surface area contributed by atoms with Crippen LogP contribution in [0.3, 0.4) is 0 Å². The van der Waals surface area contributed by atoms with Crippen molar-refractivity contribution in [2.45, 2.75) is 33.1 Å². The Hall–Kier alpha value is -4.76. The number of halogens is 3. The van der Waals surface area contributed by atoms with Crippen LogP contribution in [0.25, 0.3) is 33.2 Å². The number of alkyl halides is 3. The quantitative estimate of drug-likeness (QED) is 0.187. The van der Waals surface area contributed by atoms with Gasteiger partial charge in [-0.05, 0) is 38.1 Å². The number of nitrogens with zero attached hydrogens (tertiary/aromatic N) is 4. The van der Waals surface area contributed by atoms with Crippen molar-refractivity contribution in [3.63, 3.8) is 0 Å². The maximum absolute atomic E-state index is 13.9. The number of carbonyl (C=O) groups excluding carboxylic acids is 2. The average Bonchev–Trinajstić information content (AvgIpc) is 3.37. The zero-order valence-electron chi connectivity index (χ0n) is 25.0. The van der Waals surface area contributed by atoms with Crippen molar-refractivity contribution in [1.29, 1.82) is 0 Å². The Balaban J connectivity index is 0.000000707. The third kappa shape index (κ3) is 8.25. The lowest BCUT2D eigenvalue weighted by molar-refractivity contribution is -0.192. The molecule has 0 fully saturated rings. The number of hydrogen-bond acceptors (Lipinski definition) is 8. The Kier molecular flexibility index (Phi) is 11.8. The van der Waals surface area contributed by atoms with Gasteiger partial charge >= 0.3 is 18.1 Å². The van der Waals surface area contributed by atoms with Crippen LogP contribution in [0.4, 0.5) is 13.2 Å². The molecule has 2 heterocycles. The molecule has 0 saturated carbocycles. The van der Waals surface area contributed by atoms with Gasteiger partial charge in [-0.25, -0.2) is 14.6 Å². The highest BCUT2D eigenvalue weighted by Crippen LogP contribution is 2.29. The van der Waals surface area contributed by atoms with E-state index in [0.29, 0.717) is 48.4 Å². The zero-order valence-corrected chi connectivity index (χ0v) is 25.0. The second kappa shape index (κ2) is 15.3. The molecule has 0 aliphatic carbocycles. The van der Waals surface area contributed by atoms with Gasteiger partial charge in [0.25, 0.3) is 5.56 Å². The van der Waals surface area contributed by atoms with E-state index in [1.54, 1.807) is 27.7 Å². The molecule has 1 amide bonds. The lowest BCUT2D eigenvalue weighted by Gasteiger charge is -2.19. The number of amides is 1. The molecule has 242 valence electrons. The van der Waals surface area contributed by atoms with Crippen LogP contribution in [-0.4, -0.2) is 88.1 Å². The minimum absolute atomic E-state index is 0.00132. The molecule has 4 rings (SSSR count). The fraction of sp³-hybridized carbons (Fsp3) is 0.367. The molecule has 0 spiro atoms. The first-order valence-corrected chi connectivity index (χ1v) is 13.9. The van der Waals surface area contributed by atoms with Gasteiger partial charge in [-0.15, -0.1) is 0 Å². The zero-order chi connectivity index (χ0) is 33.3. The molecule has 45 heavy (non-hydrogen) atoms. The number of aromatic nitrogens is 3. The molecule has 0 aliphatic rings. The van der Waals surface area contributed by atoms with Crippen LogP contribution < -0.4 is 11.3 Å². The number of carboxylic acid groups (broad SMARTS) is 1. The van der Waals surface area contributed by atoms with Crippen LogP contribution in [0.15, 0.2) is 53.5 Å². The molecule has 0 bridgehead atoms. The molecule has 0 atom stereocenters. The minimum Gasteiger partial charge on any atom is -0.475 e. The lowest BCUT2D eigenvalue weighted by atomic mass is 10.1. The summed E-state index contributed by atoms with van der Waals surface area (Å²) in [6, 6.07) is 12.6. The van der Waals surface area contributed by atoms with Gasteiger partial charge in [-0.2, -0.15) is 13.2 Å². The summed E-state index contributed by atoms with van der Waals surface area (Å²) in [5.41, 5.74) is 8.30. The van der Waals surface area contributed by atoms with Crippen molar-refractivity contribution in [3.05, 3.63) is 64.6 Å². The van der Waals surface area contributed by atoms with Gasteiger partial charge < -0.3 is 34.3 Å². The second-order valence-electron chi connectivity index (χ2n) is 9.57. The lowest BCUT2D eigenvalue weighted by Crippen LogP contribution is -2.33. The Morgan fingerprint density at radius 1 is 1.04 bits per heavy atom. The van der Waals surface area contributed by atoms with Crippen LogP contribution in [0.2, 0.25) is 0 Å². The highest BCUT2D eigenvalue weighted by molar-refractivity contribution is 5.97. The standard InChI is InChI=1S/C28H33N5O5.C2HF3O2/c1-4-31(5-2)25(34)18-32-17-21(20-8-6-7-9-23(20)32)26-27(35)33(13-15-38-14-12-29)24-16-19(28(36)37-3)10-11-22(24)30-26;3-2(4,5)1(6)7/h6-11,16-17H,4-5,12-15,18,29H2,1-3H3;(H,6,7). The summed E-state index contributed by atoms with van der Waals surface area (Å²) in [5.74, 6) is -3.26. The molecule has 12 nitrogen and oxygen atoms in total. The number of para-hydroxylation sites is 1. The maximum atomic E-state index is 13.9. The smallest absolute Gasteiger partial charge is 0.475 e. The predicted octanol–water partition coefficient (Wildman–Crippen LogP) is 3.28. The van der Waals surface area contributed by atoms with Crippen LogP contribution in [-0.2, 0) is 32.2 Å². The predicted molar refractivity (Wildman–Crippen MR) is 160 cm³/mol. The Morgan fingerprint density at radius 3 is 2.31 bits per heavy atom. The number of esters is 1. The molecule has 4 aromatic rings. The van der Waals surface area contributed by atoms with Gasteiger partial charge in [0, 0.05) is 48.8 Å². The summed E-state index contributed by atoms with van der Waals surface area (Å²) in [7, 11) is 1.31. The number of ether oxygens (including phenoxy) is 2. The van der Waals surface area contributed by atoms with Gasteiger partial charge in [0.15, 0.2) is 0 Å². The first-order chi connectivity index (χ1) is 21.4. The minimum atomic E-state index is -5.08. The van der Waals surface area contributed by atoms with E-state index in [9.17, 15) is 27.6 Å². The van der Waals surface area contributed by atoms with Crippen LogP contribution >= 0.6 is 0 Å². The van der Waals surface area contributed by atoms with Crippen LogP contribution in [0, 0.1) is 0 Å². The highest BCUT2D eigenvalue weighted by Gasteiger charge is 2.38. The summed E-state index contributed by atoms with van der Waals surface area (Å²) >= 11 is 0. The molecular weight excluding hydrogens is 599 g/mol. The van der Waals surface area contributed by atoms with Gasteiger partial charge in [0.05, 0.1) is 36.9 Å². The van der Waals surface area contributed by atoms with E-state index in [0.717, 1.165) is 10.9 Å². The number of rotatable bonds is 11. The van der Waals surface area contributed by atoms with Gasteiger partial charge in [0.2, 0.25) is 5.91 Å². The normalized spacial score (nSPS) is 11.3. The largest absolute Gasteiger partial charge is 0.490 e. The third-order valence-electron chi connectivity index (χ3n) is 6.80. The SMILES string of the molecule is CCN(CC)C(=O)Cn1cc(-c2nc3ccc(C(=O)OC)cc3n(CCOCCN)c2=O)c2ccccc21.O=C(O)C(F)(F)F. The summed E-state index contributed by atoms with van der Waals surface area (Å²) in [4.78, 5) is 54.4. The second-order valence-corrected chi connectivity index (χ2v) is 9.57. The molecule has 3 N–H and O–H groups in total. The van der Waals surface area contributed by atoms with Crippen molar-refractivity contribution in [2.24, 2.45) is 5.73 Å². The van der Waals surface area contributed by atoms with Crippen LogP contribution in [0.1, 0.15) is 24.2 Å². The van der Waals surface area contributed by atoms with E-state index in [1.165, 1.54) is 7.11 Å². The van der Waals surface area contributed by atoms with E-state index in [2.05, 4.69) is 0 Å². The first-order valence-electron chi connectivity index (χ1n) is 13.9. The first kappa shape index (κ1) is 34.7. The fourth-order valence-electron chi connectivity index (χ4n) is 4.61. The molecule has 0 saturated heterocycles. The number of aliphatic carboxylic acids is 1. The number of hydrogen-bond donors (Lipinski definition) is 2. The topological polar surface area (TPSA) is 159 Å². The summed E-state index contributed by atoms with van der Waals surface area (Å²) in [5, 5.41) is 7.95. The molecule has 2 aromatic heterocycles. The molecular formula is C30H34F3N5O7. The van der Waals surface area contributed by atoms with E-state index >= 15 is 0 Å². The number of likely N-dealkylation sites (N-methyl/N-ethyl adjacent to an activating group) is 1. The van der Waals surface area contributed by atoms with Crippen molar-refractivity contribution in [2.75, 3.05) is 40.0 Å². The van der Waals surface area contributed by atoms with Crippen molar-refractivity contribution < 1.29 is 42.1 Å². The average molecular weight is 634 g/mol. The monoisotopic (exact) mass is 633 g/mol. The molecule has 0 radical (unpaired) electrons. The molecule has 2 aromatic carbocycles. The van der Waals surface area contributed by atoms with Crippen molar-refractivity contribution in [1.82, 2.24) is 19.0 Å². The number of nitrogens with two attached hydrogens (primary N) is 1. The molecule has 0 unspecified atom stereocenters.